The fourth-order valence-corrected chi connectivity index (χ4v) is 5.05. The Balaban J connectivity index is 1.45. The van der Waals surface area contributed by atoms with Crippen LogP contribution >= 0.6 is 22.9 Å². The van der Waals surface area contributed by atoms with Gasteiger partial charge in [-0.1, -0.05) is 11.6 Å². The van der Waals surface area contributed by atoms with Gasteiger partial charge >= 0.3 is 0 Å². The average molecular weight is 464 g/mol. The number of methoxy groups -OCH3 is 1. The van der Waals surface area contributed by atoms with Crippen LogP contribution in [-0.2, 0) is 17.7 Å². The van der Waals surface area contributed by atoms with Crippen LogP contribution in [0.3, 0.4) is 0 Å². The SMILES string of the molecule is COC[C@@H]1CC(C=NC(=O)c2ccc(Cl)s2)CN1C(=O)c1cc2n(n1)CCN(C)CC2. The molecule has 8 nitrogen and oxygen atoms in total. The minimum Gasteiger partial charge on any atom is -0.383 e. The van der Waals surface area contributed by atoms with Gasteiger partial charge in [0.15, 0.2) is 5.69 Å². The summed E-state index contributed by atoms with van der Waals surface area (Å²) >= 11 is 7.11. The van der Waals surface area contributed by atoms with Crippen molar-refractivity contribution in [1.29, 1.82) is 0 Å². The minimum atomic E-state index is -0.312. The number of rotatable bonds is 5. The first-order chi connectivity index (χ1) is 14.9. The Kier molecular flexibility index (Phi) is 6.86. The number of halogens is 1. The molecule has 0 saturated carbocycles. The van der Waals surface area contributed by atoms with E-state index in [1.807, 2.05) is 10.7 Å². The fraction of sp³-hybridized carbons (Fsp3) is 0.524. The van der Waals surface area contributed by atoms with Gasteiger partial charge < -0.3 is 14.5 Å². The molecule has 0 bridgehead atoms. The topological polar surface area (TPSA) is 80.0 Å². The van der Waals surface area contributed by atoms with Crippen LogP contribution in [0.25, 0.3) is 0 Å². The van der Waals surface area contributed by atoms with Crippen LogP contribution in [0.4, 0.5) is 0 Å². The summed E-state index contributed by atoms with van der Waals surface area (Å²) in [5, 5.41) is 4.58. The molecule has 166 valence electrons. The summed E-state index contributed by atoms with van der Waals surface area (Å²) in [5.41, 5.74) is 1.57. The lowest BCUT2D eigenvalue weighted by molar-refractivity contribution is 0.0623. The summed E-state index contributed by atoms with van der Waals surface area (Å²) in [6.07, 6.45) is 3.23. The van der Waals surface area contributed by atoms with E-state index in [2.05, 4.69) is 22.0 Å². The lowest BCUT2D eigenvalue weighted by Crippen LogP contribution is -2.38. The number of fused-ring (bicyclic) bond motifs is 1. The number of aliphatic imine (C=N–C) groups is 1. The molecule has 4 heterocycles. The smallest absolute Gasteiger partial charge is 0.286 e. The Hall–Kier alpha value is -2.07. The van der Waals surface area contributed by atoms with Crippen LogP contribution in [-0.4, -0.2) is 84.0 Å². The maximum atomic E-state index is 13.3. The number of amides is 2. The second-order valence-corrected chi connectivity index (χ2v) is 9.76. The van der Waals surface area contributed by atoms with Gasteiger partial charge in [0, 0.05) is 51.0 Å². The summed E-state index contributed by atoms with van der Waals surface area (Å²) in [7, 11) is 3.72. The van der Waals surface area contributed by atoms with Crippen LogP contribution in [0.15, 0.2) is 23.2 Å². The van der Waals surface area contributed by atoms with Gasteiger partial charge in [-0.25, -0.2) is 4.99 Å². The first kappa shape index (κ1) is 22.1. The summed E-state index contributed by atoms with van der Waals surface area (Å²) in [6.45, 7) is 3.57. The number of likely N-dealkylation sites (tertiary alicyclic amines) is 1. The van der Waals surface area contributed by atoms with E-state index in [0.717, 1.165) is 31.7 Å². The summed E-state index contributed by atoms with van der Waals surface area (Å²) in [6, 6.07) is 5.19. The van der Waals surface area contributed by atoms with Crippen molar-refractivity contribution in [3.63, 3.8) is 0 Å². The minimum absolute atomic E-state index is 0.0161. The van der Waals surface area contributed by atoms with E-state index in [4.69, 9.17) is 16.3 Å². The lowest BCUT2D eigenvalue weighted by atomic mass is 10.1. The average Bonchev–Trinajstić information content (AvgIpc) is 3.45. The van der Waals surface area contributed by atoms with Gasteiger partial charge in [0.05, 0.1) is 28.4 Å². The van der Waals surface area contributed by atoms with E-state index in [0.29, 0.717) is 34.5 Å². The molecule has 31 heavy (non-hydrogen) atoms. The number of thiophene rings is 1. The third-order valence-electron chi connectivity index (χ3n) is 5.78. The van der Waals surface area contributed by atoms with Crippen molar-refractivity contribution in [1.82, 2.24) is 19.6 Å². The molecule has 0 aliphatic carbocycles. The van der Waals surface area contributed by atoms with Crippen molar-refractivity contribution in [3.8, 4) is 0 Å². The van der Waals surface area contributed by atoms with E-state index < -0.39 is 0 Å². The molecule has 0 aromatic carbocycles. The molecule has 2 atom stereocenters. The molecule has 0 N–H and O–H groups in total. The number of ether oxygens (including phenoxy) is 1. The maximum Gasteiger partial charge on any atom is 0.286 e. The largest absolute Gasteiger partial charge is 0.383 e. The van der Waals surface area contributed by atoms with Gasteiger partial charge in [-0.05, 0) is 31.7 Å². The van der Waals surface area contributed by atoms with Crippen LogP contribution in [0.2, 0.25) is 4.34 Å². The van der Waals surface area contributed by atoms with Crippen LogP contribution in [0, 0.1) is 5.92 Å². The number of likely N-dealkylation sites (N-methyl/N-ethyl adjacent to an activating group) is 1. The van der Waals surface area contributed by atoms with Crippen molar-refractivity contribution >= 4 is 41.0 Å². The number of nitrogens with zero attached hydrogens (tertiary/aromatic N) is 5. The van der Waals surface area contributed by atoms with E-state index in [9.17, 15) is 9.59 Å². The zero-order valence-electron chi connectivity index (χ0n) is 17.7. The number of hydrogen-bond acceptors (Lipinski definition) is 6. The molecular formula is C21H26ClN5O3S. The predicted octanol–water partition coefficient (Wildman–Crippen LogP) is 2.47. The standard InChI is InChI=1S/C21H26ClN5O3S/c1-25-6-5-15-10-17(24-27(15)8-7-25)21(29)26-12-14(9-16(26)13-30-2)11-23-20(28)18-3-4-19(22)31-18/h3-4,10-11,14,16H,5-9,12-13H2,1-2H3/t14?,16-/m0/s1. The fourth-order valence-electron chi connectivity index (χ4n) is 4.11. The normalized spacial score (nSPS) is 22.1. The first-order valence-corrected chi connectivity index (χ1v) is 11.5. The third kappa shape index (κ3) is 5.06. The Morgan fingerprint density at radius 1 is 1.35 bits per heavy atom. The lowest BCUT2D eigenvalue weighted by Gasteiger charge is -2.23. The number of hydrogen-bond donors (Lipinski definition) is 0. The zero-order valence-corrected chi connectivity index (χ0v) is 19.2. The highest BCUT2D eigenvalue weighted by molar-refractivity contribution is 7.18. The van der Waals surface area contributed by atoms with E-state index in [1.54, 1.807) is 30.4 Å². The van der Waals surface area contributed by atoms with Gasteiger partial charge in [-0.15, -0.1) is 11.3 Å². The summed E-state index contributed by atoms with van der Waals surface area (Å²) < 4.78 is 7.85. The quantitative estimate of drug-likeness (QED) is 0.636. The van der Waals surface area contributed by atoms with Gasteiger partial charge in [0.1, 0.15) is 0 Å². The molecule has 1 saturated heterocycles. The number of carbonyl (C=O) groups is 2. The predicted molar refractivity (Wildman–Crippen MR) is 120 cm³/mol. The number of aromatic nitrogens is 2. The molecule has 0 radical (unpaired) electrons. The van der Waals surface area contributed by atoms with Crippen molar-refractivity contribution in [3.05, 3.63) is 38.8 Å². The highest BCUT2D eigenvalue weighted by atomic mass is 35.5. The third-order valence-corrected chi connectivity index (χ3v) is 7.00. The van der Waals surface area contributed by atoms with Crippen LogP contribution in [0.5, 0.6) is 0 Å². The Morgan fingerprint density at radius 2 is 2.19 bits per heavy atom. The molecule has 2 aromatic rings. The van der Waals surface area contributed by atoms with Crippen LogP contribution < -0.4 is 0 Å². The molecule has 2 aliphatic heterocycles. The monoisotopic (exact) mass is 463 g/mol. The van der Waals surface area contributed by atoms with E-state index in [-0.39, 0.29) is 23.8 Å². The van der Waals surface area contributed by atoms with Gasteiger partial charge in [0.25, 0.3) is 11.8 Å². The molecule has 0 spiro atoms. The molecule has 1 unspecified atom stereocenters. The van der Waals surface area contributed by atoms with Gasteiger partial charge in [-0.3, -0.25) is 14.3 Å². The molecular weight excluding hydrogens is 438 g/mol. The summed E-state index contributed by atoms with van der Waals surface area (Å²) in [4.78, 5) is 34.2. The molecule has 4 rings (SSSR count). The Labute approximate surface area is 190 Å². The highest BCUT2D eigenvalue weighted by Crippen LogP contribution is 2.26. The Morgan fingerprint density at radius 3 is 2.94 bits per heavy atom. The van der Waals surface area contributed by atoms with Crippen molar-refractivity contribution in [2.75, 3.05) is 40.4 Å². The zero-order chi connectivity index (χ0) is 22.0. The number of carbonyl (C=O) groups excluding carboxylic acids is 2. The second-order valence-electron chi connectivity index (χ2n) is 8.05. The molecule has 10 heteroatoms. The first-order valence-electron chi connectivity index (χ1n) is 10.3. The van der Waals surface area contributed by atoms with Crippen molar-refractivity contribution in [2.45, 2.75) is 25.4 Å². The Bertz CT molecular complexity index is 962. The van der Waals surface area contributed by atoms with E-state index in [1.165, 1.54) is 11.3 Å². The molecule has 2 amide bonds. The highest BCUT2D eigenvalue weighted by Gasteiger charge is 2.36. The molecule has 2 aromatic heterocycles. The molecule has 2 aliphatic rings. The summed E-state index contributed by atoms with van der Waals surface area (Å²) in [5.74, 6) is -0.423. The van der Waals surface area contributed by atoms with Gasteiger partial charge in [-0.2, -0.15) is 5.10 Å². The second kappa shape index (κ2) is 9.60. The van der Waals surface area contributed by atoms with Gasteiger partial charge in [0.2, 0.25) is 0 Å². The van der Waals surface area contributed by atoms with Crippen LogP contribution in [0.1, 0.15) is 32.3 Å². The van der Waals surface area contributed by atoms with Crippen molar-refractivity contribution in [2.24, 2.45) is 10.9 Å². The maximum absolute atomic E-state index is 13.3. The van der Waals surface area contributed by atoms with Crippen molar-refractivity contribution < 1.29 is 14.3 Å². The molecule has 1 fully saturated rings. The van der Waals surface area contributed by atoms with E-state index >= 15 is 0 Å².